The minimum Gasteiger partial charge on any atom is -0.507 e. The molecular weight excluding hydrogens is 292 g/mol. The van der Waals surface area contributed by atoms with Crippen molar-refractivity contribution in [1.82, 2.24) is 4.57 Å². The van der Waals surface area contributed by atoms with E-state index in [0.29, 0.717) is 33.6 Å². The Morgan fingerprint density at radius 2 is 2.00 bits per heavy atom. The first-order valence-corrected chi connectivity index (χ1v) is 7.56. The van der Waals surface area contributed by atoms with Gasteiger partial charge in [0, 0.05) is 23.2 Å². The standard InChI is InChI=1S/C18H18N2O3/c1-5-6-20-11(4)7-9(2)14-16(20)18(23)15-13(17(14)22)10(3)8-12(21)19-15/h7-8,22H,4-6H2,1-3H3. The van der Waals surface area contributed by atoms with Crippen LogP contribution in [0.1, 0.15) is 31.4 Å². The molecule has 5 heteroatoms. The summed E-state index contributed by atoms with van der Waals surface area (Å²) in [5.41, 5.74) is 1.34. The average Bonchev–Trinajstić information content (AvgIpc) is 2.46. The van der Waals surface area contributed by atoms with Gasteiger partial charge in [0.05, 0.1) is 5.56 Å². The molecule has 0 aromatic rings. The molecule has 0 unspecified atom stereocenters. The Morgan fingerprint density at radius 3 is 2.65 bits per heavy atom. The van der Waals surface area contributed by atoms with E-state index in [-0.39, 0.29) is 16.5 Å². The number of aryl methyl sites for hydroxylation is 1. The van der Waals surface area contributed by atoms with Crippen LogP contribution in [0.2, 0.25) is 0 Å². The van der Waals surface area contributed by atoms with Gasteiger partial charge in [-0.1, -0.05) is 13.5 Å². The molecule has 0 spiro atoms. The highest BCUT2D eigenvalue weighted by Crippen LogP contribution is 2.25. The first kappa shape index (κ1) is 15.2. The number of carbonyl (C=O) groups excluding carboxylic acids is 1. The highest BCUT2D eigenvalue weighted by Gasteiger charge is 2.20. The number of rotatable bonds is 2. The normalized spacial score (nSPS) is 13.7. The first-order valence-electron chi connectivity index (χ1n) is 7.56. The molecule has 2 aliphatic heterocycles. The fraction of sp³-hybridized carbons (Fsp3) is 0.278. The Balaban J connectivity index is 2.74. The van der Waals surface area contributed by atoms with E-state index in [1.54, 1.807) is 11.5 Å². The van der Waals surface area contributed by atoms with Crippen molar-refractivity contribution in [2.75, 3.05) is 0 Å². The Labute approximate surface area is 132 Å². The number of hydrogen-bond acceptors (Lipinski definition) is 3. The Morgan fingerprint density at radius 1 is 1.30 bits per heavy atom. The number of aromatic nitrogens is 1. The second kappa shape index (κ2) is 5.19. The summed E-state index contributed by atoms with van der Waals surface area (Å²) in [6.45, 7) is 10.1. The zero-order valence-electron chi connectivity index (χ0n) is 13.4. The van der Waals surface area contributed by atoms with Crippen LogP contribution in [0.3, 0.4) is 0 Å². The molecule has 0 fully saturated rings. The molecular formula is C18H18N2O3. The van der Waals surface area contributed by atoms with Crippen LogP contribution in [0.5, 0.6) is 5.75 Å². The van der Waals surface area contributed by atoms with Gasteiger partial charge >= 0.3 is 0 Å². The van der Waals surface area contributed by atoms with E-state index >= 15 is 0 Å². The van der Waals surface area contributed by atoms with Gasteiger partial charge in [-0.15, -0.1) is 0 Å². The molecule has 0 aromatic heterocycles. The van der Waals surface area contributed by atoms with Crippen LogP contribution in [0.25, 0.3) is 12.2 Å². The van der Waals surface area contributed by atoms with E-state index in [1.807, 2.05) is 19.9 Å². The zero-order chi connectivity index (χ0) is 16.9. The smallest absolute Gasteiger partial charge is 0.270 e. The average molecular weight is 310 g/mol. The molecule has 0 radical (unpaired) electrons. The topological polar surface area (TPSA) is 71.7 Å². The lowest BCUT2D eigenvalue weighted by atomic mass is 9.98. The largest absolute Gasteiger partial charge is 0.507 e. The molecule has 3 aliphatic rings. The summed E-state index contributed by atoms with van der Waals surface area (Å²) in [6, 6.07) is 1.85. The highest BCUT2D eigenvalue weighted by atomic mass is 16.3. The molecule has 118 valence electrons. The fourth-order valence-corrected chi connectivity index (χ4v) is 3.22. The lowest BCUT2D eigenvalue weighted by Crippen LogP contribution is -2.37. The molecule has 3 rings (SSSR count). The third kappa shape index (κ3) is 2.11. The van der Waals surface area contributed by atoms with Gasteiger partial charge in [0.15, 0.2) is 0 Å². The summed E-state index contributed by atoms with van der Waals surface area (Å²) in [5.74, 6) is -0.475. The third-order valence-electron chi connectivity index (χ3n) is 4.17. The predicted molar refractivity (Wildman–Crippen MR) is 87.7 cm³/mol. The van der Waals surface area contributed by atoms with Crippen molar-refractivity contribution >= 4 is 18.1 Å². The van der Waals surface area contributed by atoms with E-state index < -0.39 is 5.91 Å². The molecule has 1 aliphatic carbocycles. The van der Waals surface area contributed by atoms with E-state index in [0.717, 1.165) is 12.0 Å². The number of carbonyl (C=O) groups is 1. The molecule has 5 nitrogen and oxygen atoms in total. The van der Waals surface area contributed by atoms with Crippen LogP contribution in [0, 0.1) is 17.5 Å². The van der Waals surface area contributed by atoms with E-state index in [4.69, 9.17) is 0 Å². The number of fused-ring (bicyclic) bond motifs is 1. The quantitative estimate of drug-likeness (QED) is 0.898. The van der Waals surface area contributed by atoms with Gasteiger partial charge < -0.3 is 9.67 Å². The summed E-state index contributed by atoms with van der Waals surface area (Å²) in [7, 11) is 0. The molecule has 1 amide bonds. The second-order valence-corrected chi connectivity index (χ2v) is 5.87. The first-order chi connectivity index (χ1) is 10.9. The summed E-state index contributed by atoms with van der Waals surface area (Å²) < 4.78 is 1.79. The number of hydrogen-bond donors (Lipinski definition) is 1. The molecule has 0 saturated heterocycles. The van der Waals surface area contributed by atoms with E-state index in [1.165, 1.54) is 6.08 Å². The van der Waals surface area contributed by atoms with Crippen molar-refractivity contribution in [2.45, 2.75) is 33.7 Å². The van der Waals surface area contributed by atoms with Crippen LogP contribution >= 0.6 is 0 Å². The van der Waals surface area contributed by atoms with Crippen molar-refractivity contribution < 1.29 is 9.90 Å². The maximum absolute atomic E-state index is 13.0. The molecule has 23 heavy (non-hydrogen) atoms. The lowest BCUT2D eigenvalue weighted by molar-refractivity contribution is -0.113. The molecule has 1 N–H and O–H groups in total. The second-order valence-electron chi connectivity index (χ2n) is 5.87. The van der Waals surface area contributed by atoms with Crippen molar-refractivity contribution in [1.29, 1.82) is 0 Å². The SMILES string of the molecule is C=c1cc(C)c2c(O)c3c(c(=O)c=2n1CCC)=NC(=O)C=C3C. The van der Waals surface area contributed by atoms with Crippen LogP contribution in [0.4, 0.5) is 0 Å². The van der Waals surface area contributed by atoms with Gasteiger partial charge in [-0.05, 0) is 37.5 Å². The third-order valence-corrected chi connectivity index (χ3v) is 4.17. The summed E-state index contributed by atoms with van der Waals surface area (Å²) in [5, 5.41) is 12.3. The molecule has 0 bridgehead atoms. The van der Waals surface area contributed by atoms with Crippen LogP contribution < -0.4 is 16.1 Å². The van der Waals surface area contributed by atoms with Gasteiger partial charge in [-0.3, -0.25) is 9.59 Å². The van der Waals surface area contributed by atoms with Gasteiger partial charge in [-0.2, -0.15) is 0 Å². The highest BCUT2D eigenvalue weighted by molar-refractivity contribution is 5.98. The monoisotopic (exact) mass is 310 g/mol. The summed E-state index contributed by atoms with van der Waals surface area (Å²) in [6.07, 6.45) is 2.15. The Hall–Kier alpha value is -2.69. The van der Waals surface area contributed by atoms with Crippen molar-refractivity contribution in [2.24, 2.45) is 4.99 Å². The molecule has 0 aromatic carbocycles. The van der Waals surface area contributed by atoms with Crippen molar-refractivity contribution in [3.8, 4) is 5.75 Å². The Bertz CT molecular complexity index is 1110. The maximum Gasteiger partial charge on any atom is 0.270 e. The van der Waals surface area contributed by atoms with Gasteiger partial charge in [-0.25, -0.2) is 4.99 Å². The van der Waals surface area contributed by atoms with Crippen LogP contribution in [-0.4, -0.2) is 15.6 Å². The Kier molecular flexibility index (Phi) is 3.43. The van der Waals surface area contributed by atoms with Gasteiger partial charge in [0.1, 0.15) is 16.5 Å². The maximum atomic E-state index is 13.0. The number of nitrogens with zero attached hydrogens (tertiary/aromatic N) is 2. The van der Waals surface area contributed by atoms with E-state index in [2.05, 4.69) is 11.6 Å². The van der Waals surface area contributed by atoms with Gasteiger partial charge in [0.25, 0.3) is 5.91 Å². The fourth-order valence-electron chi connectivity index (χ4n) is 3.22. The number of amides is 1. The van der Waals surface area contributed by atoms with Crippen molar-refractivity contribution in [3.05, 3.63) is 54.8 Å². The molecule has 0 saturated carbocycles. The van der Waals surface area contributed by atoms with Gasteiger partial charge in [0.2, 0.25) is 5.43 Å². The predicted octanol–water partition coefficient (Wildman–Crippen LogP) is 0.971. The minimum atomic E-state index is -0.476. The molecule has 0 atom stereocenters. The number of allylic oxidation sites excluding steroid dienone is 1. The van der Waals surface area contributed by atoms with Crippen LogP contribution in [0.15, 0.2) is 21.9 Å². The summed E-state index contributed by atoms with van der Waals surface area (Å²) in [4.78, 5) is 28.5. The van der Waals surface area contributed by atoms with Crippen molar-refractivity contribution in [3.63, 3.8) is 0 Å². The number of aromatic hydroxyl groups is 1. The van der Waals surface area contributed by atoms with E-state index in [9.17, 15) is 14.7 Å². The molecule has 2 heterocycles. The zero-order valence-corrected chi connectivity index (χ0v) is 13.4. The minimum absolute atomic E-state index is 0.00181. The van der Waals surface area contributed by atoms with Crippen LogP contribution in [-0.2, 0) is 11.3 Å². The lowest BCUT2D eigenvalue weighted by Gasteiger charge is -2.15. The summed E-state index contributed by atoms with van der Waals surface area (Å²) >= 11 is 0.